The predicted octanol–water partition coefficient (Wildman–Crippen LogP) is 4.40. The van der Waals surface area contributed by atoms with Crippen LogP contribution in [0.3, 0.4) is 0 Å². The van der Waals surface area contributed by atoms with Crippen molar-refractivity contribution < 1.29 is 0 Å². The number of aromatic nitrogens is 3. The molecule has 0 saturated heterocycles. The van der Waals surface area contributed by atoms with Gasteiger partial charge in [0.05, 0.1) is 23.1 Å². The van der Waals surface area contributed by atoms with E-state index in [9.17, 15) is 0 Å². The van der Waals surface area contributed by atoms with Crippen molar-refractivity contribution in [3.8, 4) is 11.3 Å². The molecule has 0 aliphatic carbocycles. The third-order valence-corrected chi connectivity index (χ3v) is 3.62. The highest BCUT2D eigenvalue weighted by molar-refractivity contribution is 5.83. The molecule has 0 aliphatic rings. The molecule has 124 valence electrons. The highest BCUT2D eigenvalue weighted by atomic mass is 15.3. The van der Waals surface area contributed by atoms with E-state index >= 15 is 0 Å². The molecule has 5 heteroatoms. The zero-order valence-corrected chi connectivity index (χ0v) is 14.1. The number of hydrogen-bond donors (Lipinski definition) is 1. The number of fused-ring (bicyclic) bond motifs is 1. The minimum Gasteiger partial charge on any atom is -0.278 e. The molecule has 0 unspecified atom stereocenters. The minimum atomic E-state index is 0.874. The van der Waals surface area contributed by atoms with Crippen LogP contribution in [-0.4, -0.2) is 20.8 Å². The van der Waals surface area contributed by atoms with Crippen molar-refractivity contribution in [1.29, 1.82) is 0 Å². The Hall–Kier alpha value is -3.47. The molecule has 3 aromatic rings. The van der Waals surface area contributed by atoms with Gasteiger partial charge in [0.1, 0.15) is 0 Å². The van der Waals surface area contributed by atoms with Gasteiger partial charge in [-0.05, 0) is 42.8 Å². The van der Waals surface area contributed by atoms with Gasteiger partial charge in [-0.3, -0.25) is 10.4 Å². The number of nitrogens with one attached hydrogen (secondary N) is 1. The molecule has 3 aromatic heterocycles. The monoisotopic (exact) mass is 329 g/mol. The lowest BCUT2D eigenvalue weighted by atomic mass is 10.2. The van der Waals surface area contributed by atoms with E-state index in [-0.39, 0.29) is 0 Å². The molecular weight excluding hydrogens is 310 g/mol. The molecule has 3 heterocycles. The third kappa shape index (κ3) is 3.90. The van der Waals surface area contributed by atoms with Crippen LogP contribution in [0.5, 0.6) is 0 Å². The Morgan fingerprint density at radius 1 is 1.24 bits per heavy atom. The summed E-state index contributed by atoms with van der Waals surface area (Å²) in [6, 6.07) is 9.93. The van der Waals surface area contributed by atoms with Gasteiger partial charge in [0.25, 0.3) is 0 Å². The summed E-state index contributed by atoms with van der Waals surface area (Å²) in [6.45, 7) is 9.36. The van der Waals surface area contributed by atoms with Crippen molar-refractivity contribution >= 4 is 17.4 Å². The average Bonchev–Trinajstić information content (AvgIpc) is 3.05. The second kappa shape index (κ2) is 7.40. The number of aryl methyl sites for hydroxylation is 1. The predicted molar refractivity (Wildman–Crippen MR) is 104 cm³/mol. The number of hydrogen-bond acceptors (Lipinski definition) is 4. The van der Waals surface area contributed by atoms with Crippen molar-refractivity contribution in [1.82, 2.24) is 14.6 Å². The molecule has 0 radical (unpaired) electrons. The fourth-order valence-electron chi connectivity index (χ4n) is 2.31. The molecule has 5 nitrogen and oxygen atoms in total. The maximum absolute atomic E-state index is 4.58. The first-order valence-corrected chi connectivity index (χ1v) is 7.86. The summed E-state index contributed by atoms with van der Waals surface area (Å²) in [7, 11) is 0. The van der Waals surface area contributed by atoms with E-state index in [0.29, 0.717) is 0 Å². The van der Waals surface area contributed by atoms with E-state index in [1.807, 2.05) is 60.2 Å². The summed E-state index contributed by atoms with van der Waals surface area (Å²) < 4.78 is 1.83. The maximum Gasteiger partial charge on any atom is 0.0949 e. The lowest BCUT2D eigenvalue weighted by molar-refractivity contribution is 0.964. The van der Waals surface area contributed by atoms with Gasteiger partial charge in [-0.2, -0.15) is 10.2 Å². The summed E-state index contributed by atoms with van der Waals surface area (Å²) in [5.41, 5.74) is 8.60. The van der Waals surface area contributed by atoms with E-state index in [1.165, 1.54) is 0 Å². The molecule has 3 rings (SSSR count). The fourth-order valence-corrected chi connectivity index (χ4v) is 2.31. The van der Waals surface area contributed by atoms with Crippen LogP contribution in [0.4, 0.5) is 5.69 Å². The number of rotatable bonds is 6. The molecule has 0 amide bonds. The Morgan fingerprint density at radius 3 is 2.84 bits per heavy atom. The van der Waals surface area contributed by atoms with Crippen LogP contribution in [0, 0.1) is 6.92 Å². The lowest BCUT2D eigenvalue weighted by Gasteiger charge is -2.00. The summed E-state index contributed by atoms with van der Waals surface area (Å²) in [6.07, 6.45) is 10.7. The standard InChI is InChI=1S/C20H19N5/c1-4-6-16(5-2)13-22-23-18-9-10-25-19(11-18)12-20(24-25)17-8-7-15(3)21-14-17/h4-14,23H,1-2H2,3H3/b16-6+,22-13+. The van der Waals surface area contributed by atoms with Crippen LogP contribution < -0.4 is 5.43 Å². The van der Waals surface area contributed by atoms with E-state index in [4.69, 9.17) is 0 Å². The molecule has 0 bridgehead atoms. The SMILES string of the molecule is C=C/C=C(C=C)/C=N/Nc1ccn2nc(-c3ccc(C)nc3)cc2c1. The molecule has 0 aromatic carbocycles. The number of hydrazone groups is 1. The van der Waals surface area contributed by atoms with Crippen molar-refractivity contribution in [2.45, 2.75) is 6.92 Å². The number of allylic oxidation sites excluding steroid dienone is 4. The topological polar surface area (TPSA) is 54.6 Å². The third-order valence-electron chi connectivity index (χ3n) is 3.62. The molecule has 0 saturated carbocycles. The van der Waals surface area contributed by atoms with Gasteiger partial charge in [0, 0.05) is 23.7 Å². The largest absolute Gasteiger partial charge is 0.278 e. The summed E-state index contributed by atoms with van der Waals surface area (Å²) in [4.78, 5) is 4.32. The highest BCUT2D eigenvalue weighted by Crippen LogP contribution is 2.21. The van der Waals surface area contributed by atoms with Crippen LogP contribution in [0.25, 0.3) is 16.8 Å². The Labute approximate surface area is 146 Å². The van der Waals surface area contributed by atoms with Crippen LogP contribution in [0.15, 0.2) is 84.8 Å². The fraction of sp³-hybridized carbons (Fsp3) is 0.0500. The van der Waals surface area contributed by atoms with Crippen LogP contribution >= 0.6 is 0 Å². The van der Waals surface area contributed by atoms with Crippen LogP contribution in [-0.2, 0) is 0 Å². The molecule has 1 N–H and O–H groups in total. The van der Waals surface area contributed by atoms with Gasteiger partial charge in [0.2, 0.25) is 0 Å². The Bertz CT molecular complexity index is 961. The second-order valence-corrected chi connectivity index (χ2v) is 5.48. The molecule has 0 atom stereocenters. The van der Waals surface area contributed by atoms with Crippen LogP contribution in [0.1, 0.15) is 5.69 Å². The molecule has 0 aliphatic heterocycles. The highest BCUT2D eigenvalue weighted by Gasteiger charge is 2.05. The van der Waals surface area contributed by atoms with Gasteiger partial charge in [-0.25, -0.2) is 4.52 Å². The molecule has 25 heavy (non-hydrogen) atoms. The summed E-state index contributed by atoms with van der Waals surface area (Å²) in [5.74, 6) is 0. The Morgan fingerprint density at radius 2 is 2.12 bits per heavy atom. The van der Waals surface area contributed by atoms with Crippen molar-refractivity contribution in [2.24, 2.45) is 5.10 Å². The van der Waals surface area contributed by atoms with E-state index in [2.05, 4.69) is 33.8 Å². The van der Waals surface area contributed by atoms with Crippen molar-refractivity contribution in [3.05, 3.63) is 85.4 Å². The van der Waals surface area contributed by atoms with Gasteiger partial charge in [0.15, 0.2) is 0 Å². The number of nitrogens with zero attached hydrogens (tertiary/aromatic N) is 4. The quantitative estimate of drug-likeness (QED) is 0.414. The molecule has 0 spiro atoms. The average molecular weight is 329 g/mol. The second-order valence-electron chi connectivity index (χ2n) is 5.48. The minimum absolute atomic E-state index is 0.874. The first-order chi connectivity index (χ1) is 12.2. The number of anilines is 1. The Balaban J connectivity index is 1.82. The smallest absolute Gasteiger partial charge is 0.0949 e. The van der Waals surface area contributed by atoms with E-state index in [0.717, 1.165) is 33.7 Å². The first kappa shape index (κ1) is 16.4. The first-order valence-electron chi connectivity index (χ1n) is 7.86. The molecular formula is C20H19N5. The normalized spacial score (nSPS) is 11.8. The Kier molecular flexibility index (Phi) is 4.85. The maximum atomic E-state index is 4.58. The number of pyridine rings is 2. The van der Waals surface area contributed by atoms with E-state index in [1.54, 1.807) is 18.4 Å². The molecule has 0 fully saturated rings. The zero-order valence-electron chi connectivity index (χ0n) is 14.1. The van der Waals surface area contributed by atoms with Gasteiger partial charge >= 0.3 is 0 Å². The summed E-state index contributed by atoms with van der Waals surface area (Å²) in [5, 5.41) is 8.79. The van der Waals surface area contributed by atoms with E-state index < -0.39 is 0 Å². The van der Waals surface area contributed by atoms with Crippen molar-refractivity contribution in [2.75, 3.05) is 5.43 Å². The van der Waals surface area contributed by atoms with Gasteiger partial charge in [-0.15, -0.1) is 0 Å². The van der Waals surface area contributed by atoms with Crippen LogP contribution in [0.2, 0.25) is 0 Å². The lowest BCUT2D eigenvalue weighted by Crippen LogP contribution is -1.93. The van der Waals surface area contributed by atoms with Gasteiger partial charge in [-0.1, -0.05) is 31.4 Å². The summed E-state index contributed by atoms with van der Waals surface area (Å²) >= 11 is 0. The van der Waals surface area contributed by atoms with Crippen molar-refractivity contribution in [3.63, 3.8) is 0 Å². The van der Waals surface area contributed by atoms with Gasteiger partial charge < -0.3 is 0 Å². The zero-order chi connectivity index (χ0) is 17.6.